The standard InChI is InChI=1S/C14H18ClFN2/c15-12-5-2-6-13(16)14(12)18-10-3-1-4-11(18)8-9(17)7-10/h2,5-6,9-11H,1,3-4,7-8,17H2. The number of hydrogen-bond donors (Lipinski definition) is 1. The van der Waals surface area contributed by atoms with E-state index in [0.29, 0.717) is 22.8 Å². The van der Waals surface area contributed by atoms with Gasteiger partial charge in [-0.15, -0.1) is 0 Å². The minimum atomic E-state index is -0.213. The van der Waals surface area contributed by atoms with Crippen molar-refractivity contribution in [3.8, 4) is 0 Å². The first-order chi connectivity index (χ1) is 8.66. The Morgan fingerprint density at radius 3 is 2.50 bits per heavy atom. The van der Waals surface area contributed by atoms with E-state index in [4.69, 9.17) is 17.3 Å². The molecule has 2 bridgehead atoms. The summed E-state index contributed by atoms with van der Waals surface area (Å²) in [5, 5.41) is 0.516. The average molecular weight is 269 g/mol. The van der Waals surface area contributed by atoms with Crippen LogP contribution in [0.25, 0.3) is 0 Å². The summed E-state index contributed by atoms with van der Waals surface area (Å²) in [7, 11) is 0. The number of para-hydroxylation sites is 1. The van der Waals surface area contributed by atoms with Gasteiger partial charge in [0.2, 0.25) is 0 Å². The number of hydrogen-bond acceptors (Lipinski definition) is 2. The molecule has 18 heavy (non-hydrogen) atoms. The molecule has 0 amide bonds. The molecule has 3 rings (SSSR count). The predicted molar refractivity (Wildman–Crippen MR) is 72.5 cm³/mol. The van der Waals surface area contributed by atoms with E-state index in [-0.39, 0.29) is 11.9 Å². The first kappa shape index (κ1) is 12.2. The number of benzene rings is 1. The summed E-state index contributed by atoms with van der Waals surface area (Å²) >= 11 is 6.20. The summed E-state index contributed by atoms with van der Waals surface area (Å²) in [4.78, 5) is 2.20. The highest BCUT2D eigenvalue weighted by Crippen LogP contribution is 2.41. The zero-order chi connectivity index (χ0) is 12.7. The number of nitrogens with two attached hydrogens (primary N) is 1. The van der Waals surface area contributed by atoms with Crippen molar-refractivity contribution in [2.75, 3.05) is 4.90 Å². The van der Waals surface area contributed by atoms with Gasteiger partial charge in [-0.25, -0.2) is 4.39 Å². The summed E-state index contributed by atoms with van der Waals surface area (Å²) in [5.74, 6) is -0.213. The highest BCUT2D eigenvalue weighted by atomic mass is 35.5. The van der Waals surface area contributed by atoms with E-state index in [9.17, 15) is 4.39 Å². The Bertz CT molecular complexity index is 417. The molecule has 0 saturated carbocycles. The molecular formula is C14H18ClFN2. The second-order valence-electron chi connectivity index (χ2n) is 5.45. The van der Waals surface area contributed by atoms with Crippen LogP contribution in [-0.2, 0) is 0 Å². The maximum atomic E-state index is 14.1. The van der Waals surface area contributed by atoms with Crippen LogP contribution in [0, 0.1) is 5.82 Å². The van der Waals surface area contributed by atoms with Crippen molar-refractivity contribution in [2.45, 2.75) is 50.2 Å². The van der Waals surface area contributed by atoms with Gasteiger partial charge in [-0.1, -0.05) is 17.7 Å². The van der Waals surface area contributed by atoms with Gasteiger partial charge in [0.25, 0.3) is 0 Å². The zero-order valence-corrected chi connectivity index (χ0v) is 11.0. The molecule has 0 aromatic heterocycles. The molecule has 2 unspecified atom stereocenters. The van der Waals surface area contributed by atoms with Crippen LogP contribution in [0.3, 0.4) is 0 Å². The lowest BCUT2D eigenvalue weighted by Crippen LogP contribution is -2.55. The van der Waals surface area contributed by atoms with E-state index in [1.165, 1.54) is 12.5 Å². The van der Waals surface area contributed by atoms with Crippen LogP contribution in [0.2, 0.25) is 5.02 Å². The van der Waals surface area contributed by atoms with E-state index in [2.05, 4.69) is 4.90 Å². The third-order valence-electron chi connectivity index (χ3n) is 4.21. The van der Waals surface area contributed by atoms with Crippen LogP contribution in [0.5, 0.6) is 0 Å². The number of rotatable bonds is 1. The molecule has 0 aliphatic carbocycles. The molecule has 2 saturated heterocycles. The fourth-order valence-electron chi connectivity index (χ4n) is 3.52. The summed E-state index contributed by atoms with van der Waals surface area (Å²) < 4.78 is 14.1. The highest BCUT2D eigenvalue weighted by Gasteiger charge is 2.38. The molecule has 2 fully saturated rings. The van der Waals surface area contributed by atoms with Crippen molar-refractivity contribution in [3.63, 3.8) is 0 Å². The number of nitrogens with zero attached hydrogens (tertiary/aromatic N) is 1. The Hall–Kier alpha value is -0.800. The van der Waals surface area contributed by atoms with Gasteiger partial charge in [0, 0.05) is 18.1 Å². The smallest absolute Gasteiger partial charge is 0.148 e. The second kappa shape index (κ2) is 4.71. The molecule has 4 heteroatoms. The summed E-state index contributed by atoms with van der Waals surface area (Å²) in [5.41, 5.74) is 6.67. The Kier molecular flexibility index (Phi) is 3.20. The van der Waals surface area contributed by atoms with Crippen LogP contribution in [0.4, 0.5) is 10.1 Å². The minimum absolute atomic E-state index is 0.213. The fourth-order valence-corrected chi connectivity index (χ4v) is 3.78. The second-order valence-corrected chi connectivity index (χ2v) is 5.85. The fraction of sp³-hybridized carbons (Fsp3) is 0.571. The Morgan fingerprint density at radius 2 is 1.89 bits per heavy atom. The molecule has 0 spiro atoms. The summed E-state index contributed by atoms with van der Waals surface area (Å²) in [6.45, 7) is 0. The van der Waals surface area contributed by atoms with Crippen LogP contribution >= 0.6 is 11.6 Å². The molecule has 2 atom stereocenters. The molecule has 1 aromatic carbocycles. The van der Waals surface area contributed by atoms with Gasteiger partial charge >= 0.3 is 0 Å². The van der Waals surface area contributed by atoms with Gasteiger partial charge in [-0.2, -0.15) is 0 Å². The van der Waals surface area contributed by atoms with Gasteiger partial charge in [-0.3, -0.25) is 0 Å². The third kappa shape index (κ3) is 1.99. The lowest BCUT2D eigenvalue weighted by molar-refractivity contribution is 0.269. The first-order valence-corrected chi connectivity index (χ1v) is 7.02. The lowest BCUT2D eigenvalue weighted by atomic mass is 9.81. The summed E-state index contributed by atoms with van der Waals surface area (Å²) in [6.07, 6.45) is 5.29. The SMILES string of the molecule is NC1CC2CCCC(C1)N2c1c(F)cccc1Cl. The number of halogens is 2. The van der Waals surface area contributed by atoms with Crippen LogP contribution < -0.4 is 10.6 Å². The van der Waals surface area contributed by atoms with E-state index in [1.54, 1.807) is 12.1 Å². The van der Waals surface area contributed by atoms with Crippen molar-refractivity contribution >= 4 is 17.3 Å². The topological polar surface area (TPSA) is 29.3 Å². The van der Waals surface area contributed by atoms with E-state index in [1.807, 2.05) is 0 Å². The Morgan fingerprint density at radius 1 is 1.22 bits per heavy atom. The molecular weight excluding hydrogens is 251 g/mol. The molecule has 2 aliphatic heterocycles. The largest absolute Gasteiger partial charge is 0.362 e. The van der Waals surface area contributed by atoms with Crippen molar-refractivity contribution in [3.05, 3.63) is 29.0 Å². The monoisotopic (exact) mass is 268 g/mol. The quantitative estimate of drug-likeness (QED) is 0.847. The molecule has 0 radical (unpaired) electrons. The molecule has 98 valence electrons. The normalized spacial score (nSPS) is 31.5. The molecule has 1 aromatic rings. The zero-order valence-electron chi connectivity index (χ0n) is 10.3. The summed E-state index contributed by atoms with van der Waals surface area (Å²) in [6, 6.07) is 5.87. The van der Waals surface area contributed by atoms with Gasteiger partial charge in [0.05, 0.1) is 10.7 Å². The van der Waals surface area contributed by atoms with E-state index in [0.717, 1.165) is 25.7 Å². The van der Waals surface area contributed by atoms with Crippen LogP contribution in [-0.4, -0.2) is 18.1 Å². The van der Waals surface area contributed by atoms with Gasteiger partial charge in [0.15, 0.2) is 0 Å². The maximum absolute atomic E-state index is 14.1. The van der Waals surface area contributed by atoms with Crippen molar-refractivity contribution in [2.24, 2.45) is 5.73 Å². The average Bonchev–Trinajstić information content (AvgIpc) is 2.29. The third-order valence-corrected chi connectivity index (χ3v) is 4.51. The Labute approximate surface area is 112 Å². The maximum Gasteiger partial charge on any atom is 0.148 e. The van der Waals surface area contributed by atoms with Crippen LogP contribution in [0.1, 0.15) is 32.1 Å². The number of anilines is 1. The van der Waals surface area contributed by atoms with Gasteiger partial charge in [-0.05, 0) is 44.2 Å². The number of piperidine rings is 2. The van der Waals surface area contributed by atoms with E-state index >= 15 is 0 Å². The van der Waals surface area contributed by atoms with Crippen molar-refractivity contribution in [1.29, 1.82) is 0 Å². The van der Waals surface area contributed by atoms with Crippen LogP contribution in [0.15, 0.2) is 18.2 Å². The number of fused-ring (bicyclic) bond motifs is 2. The predicted octanol–water partition coefficient (Wildman–Crippen LogP) is 3.33. The Balaban J connectivity index is 2.00. The molecule has 2 nitrogen and oxygen atoms in total. The van der Waals surface area contributed by atoms with Crippen molar-refractivity contribution < 1.29 is 4.39 Å². The molecule has 2 N–H and O–H groups in total. The van der Waals surface area contributed by atoms with Gasteiger partial charge in [0.1, 0.15) is 5.82 Å². The first-order valence-electron chi connectivity index (χ1n) is 6.64. The lowest BCUT2D eigenvalue weighted by Gasteiger charge is -2.49. The van der Waals surface area contributed by atoms with E-state index < -0.39 is 0 Å². The molecule has 2 aliphatic rings. The highest BCUT2D eigenvalue weighted by molar-refractivity contribution is 6.33. The van der Waals surface area contributed by atoms with Crippen molar-refractivity contribution in [1.82, 2.24) is 0 Å². The molecule has 2 heterocycles. The minimum Gasteiger partial charge on any atom is -0.362 e. The van der Waals surface area contributed by atoms with Gasteiger partial charge < -0.3 is 10.6 Å².